The fraction of sp³-hybridized carbons (Fsp3) is 0.318. The lowest BCUT2D eigenvalue weighted by atomic mass is 9.94. The first-order chi connectivity index (χ1) is 12.8. The fourth-order valence-electron chi connectivity index (χ4n) is 3.70. The minimum absolute atomic E-state index is 0.182. The van der Waals surface area contributed by atoms with Crippen LogP contribution in [0.4, 0.5) is 0 Å². The predicted molar refractivity (Wildman–Crippen MR) is 103 cm³/mol. The number of H-pyrrole nitrogens is 1. The smallest absolute Gasteiger partial charge is 0.226 e. The van der Waals surface area contributed by atoms with E-state index in [0.717, 1.165) is 31.7 Å². The first-order valence-corrected chi connectivity index (χ1v) is 9.33. The molecule has 0 saturated carbocycles. The summed E-state index contributed by atoms with van der Waals surface area (Å²) in [5, 5.41) is 1.24. The maximum absolute atomic E-state index is 12.6. The van der Waals surface area contributed by atoms with Crippen LogP contribution in [0.15, 0.2) is 60.7 Å². The summed E-state index contributed by atoms with van der Waals surface area (Å²) in [7, 11) is 0. The summed E-state index contributed by atoms with van der Waals surface area (Å²) in [5.74, 6) is 1.38. The molecule has 2 heterocycles. The number of carbonyl (C=O) groups is 1. The summed E-state index contributed by atoms with van der Waals surface area (Å²) < 4.78 is 5.67. The van der Waals surface area contributed by atoms with Gasteiger partial charge in [0, 0.05) is 30.2 Å². The van der Waals surface area contributed by atoms with Crippen molar-refractivity contribution in [3.05, 3.63) is 66.4 Å². The lowest BCUT2D eigenvalue weighted by Crippen LogP contribution is -2.39. The highest BCUT2D eigenvalue weighted by atomic mass is 16.5. The molecule has 3 aromatic rings. The van der Waals surface area contributed by atoms with Gasteiger partial charge in [-0.2, -0.15) is 0 Å². The van der Waals surface area contributed by atoms with E-state index in [4.69, 9.17) is 4.74 Å². The van der Waals surface area contributed by atoms with E-state index in [0.29, 0.717) is 18.9 Å². The summed E-state index contributed by atoms with van der Waals surface area (Å²) in [5.41, 5.74) is 2.41. The number of aromatic nitrogens is 1. The molecule has 1 aliphatic rings. The van der Waals surface area contributed by atoms with Crippen molar-refractivity contribution >= 4 is 16.8 Å². The Morgan fingerprint density at radius 2 is 1.92 bits per heavy atom. The lowest BCUT2D eigenvalue weighted by molar-refractivity contribution is -0.132. The summed E-state index contributed by atoms with van der Waals surface area (Å²) >= 11 is 0. The van der Waals surface area contributed by atoms with Crippen LogP contribution in [0.2, 0.25) is 0 Å². The van der Waals surface area contributed by atoms with Crippen LogP contribution in [0.5, 0.6) is 5.75 Å². The topological polar surface area (TPSA) is 45.3 Å². The zero-order valence-electron chi connectivity index (χ0n) is 14.9. The van der Waals surface area contributed by atoms with Crippen LogP contribution in [0, 0.1) is 0 Å². The van der Waals surface area contributed by atoms with Crippen molar-refractivity contribution in [2.45, 2.75) is 25.2 Å². The highest BCUT2D eigenvalue weighted by molar-refractivity contribution is 5.80. The fourth-order valence-corrected chi connectivity index (χ4v) is 3.70. The summed E-state index contributed by atoms with van der Waals surface area (Å²) in [6, 6.07) is 20.2. The molecule has 0 aliphatic carbocycles. The molecule has 1 atom stereocenters. The van der Waals surface area contributed by atoms with E-state index in [9.17, 15) is 4.79 Å². The van der Waals surface area contributed by atoms with Crippen LogP contribution in [-0.4, -0.2) is 35.5 Å². The second-order valence-corrected chi connectivity index (χ2v) is 6.90. The van der Waals surface area contributed by atoms with Gasteiger partial charge in [0.15, 0.2) is 0 Å². The number of benzene rings is 2. The molecular weight excluding hydrogens is 324 g/mol. The van der Waals surface area contributed by atoms with Gasteiger partial charge in [0.1, 0.15) is 5.75 Å². The molecule has 4 heteroatoms. The Bertz CT molecular complexity index is 839. The molecular formula is C22H24N2O2. The maximum Gasteiger partial charge on any atom is 0.226 e. The van der Waals surface area contributed by atoms with Gasteiger partial charge in [0.25, 0.3) is 0 Å². The van der Waals surface area contributed by atoms with Gasteiger partial charge in [-0.05, 0) is 42.5 Å². The number of nitrogens with one attached hydrogen (secondary N) is 1. The molecule has 2 aromatic carbocycles. The van der Waals surface area contributed by atoms with Gasteiger partial charge in [0.05, 0.1) is 13.0 Å². The maximum atomic E-state index is 12.6. The predicted octanol–water partition coefficient (Wildman–Crippen LogP) is 4.34. The van der Waals surface area contributed by atoms with Crippen molar-refractivity contribution in [2.24, 2.45) is 0 Å². The molecule has 1 amide bonds. The van der Waals surface area contributed by atoms with Gasteiger partial charge in [-0.1, -0.05) is 36.4 Å². The Kier molecular flexibility index (Phi) is 4.91. The summed E-state index contributed by atoms with van der Waals surface area (Å²) in [6.45, 7) is 2.06. The van der Waals surface area contributed by atoms with Crippen molar-refractivity contribution in [1.82, 2.24) is 9.88 Å². The Balaban J connectivity index is 1.34. The van der Waals surface area contributed by atoms with E-state index in [2.05, 4.69) is 29.2 Å². The van der Waals surface area contributed by atoms with E-state index in [-0.39, 0.29) is 5.91 Å². The molecule has 1 fully saturated rings. The van der Waals surface area contributed by atoms with Crippen molar-refractivity contribution in [3.63, 3.8) is 0 Å². The number of carbonyl (C=O) groups excluding carboxylic acids is 1. The van der Waals surface area contributed by atoms with Crippen molar-refractivity contribution < 1.29 is 9.53 Å². The molecule has 4 nitrogen and oxygen atoms in total. The molecule has 0 spiro atoms. The SMILES string of the molecule is O=C(CCOc1ccccc1)N1CCCC(c2cc3ccccc3[nH]2)C1. The summed E-state index contributed by atoms with van der Waals surface area (Å²) in [6.07, 6.45) is 2.59. The van der Waals surface area contributed by atoms with E-state index >= 15 is 0 Å². The third-order valence-electron chi connectivity index (χ3n) is 5.09. The van der Waals surface area contributed by atoms with E-state index in [1.807, 2.05) is 41.3 Å². The number of hydrogen-bond acceptors (Lipinski definition) is 2. The number of para-hydroxylation sites is 2. The van der Waals surface area contributed by atoms with Crippen LogP contribution < -0.4 is 4.74 Å². The van der Waals surface area contributed by atoms with Gasteiger partial charge >= 0.3 is 0 Å². The lowest BCUT2D eigenvalue weighted by Gasteiger charge is -2.32. The number of amides is 1. The van der Waals surface area contributed by atoms with Gasteiger partial charge < -0.3 is 14.6 Å². The van der Waals surface area contributed by atoms with Crippen LogP contribution in [0.3, 0.4) is 0 Å². The van der Waals surface area contributed by atoms with Crippen LogP contribution in [-0.2, 0) is 4.79 Å². The Morgan fingerprint density at radius 3 is 2.77 bits per heavy atom. The zero-order valence-corrected chi connectivity index (χ0v) is 14.9. The number of nitrogens with zero attached hydrogens (tertiary/aromatic N) is 1. The number of piperidine rings is 1. The molecule has 1 aliphatic heterocycles. The molecule has 0 radical (unpaired) electrons. The first kappa shape index (κ1) is 16.7. The van der Waals surface area contributed by atoms with E-state index in [1.165, 1.54) is 16.6 Å². The molecule has 1 aromatic heterocycles. The second kappa shape index (κ2) is 7.65. The quantitative estimate of drug-likeness (QED) is 0.745. The van der Waals surface area contributed by atoms with Gasteiger partial charge in [-0.15, -0.1) is 0 Å². The second-order valence-electron chi connectivity index (χ2n) is 6.90. The molecule has 26 heavy (non-hydrogen) atoms. The number of aromatic amines is 1. The standard InChI is InChI=1S/C22H24N2O2/c25-22(12-14-26-19-9-2-1-3-10-19)24-13-6-8-18(16-24)21-15-17-7-4-5-11-20(17)23-21/h1-5,7,9-11,15,18,23H,6,8,12-14,16H2. The Labute approximate surface area is 153 Å². The average molecular weight is 348 g/mol. The monoisotopic (exact) mass is 348 g/mol. The minimum Gasteiger partial charge on any atom is -0.493 e. The molecule has 4 rings (SSSR count). The Hall–Kier alpha value is -2.75. The largest absolute Gasteiger partial charge is 0.493 e. The number of fused-ring (bicyclic) bond motifs is 1. The Morgan fingerprint density at radius 1 is 1.12 bits per heavy atom. The zero-order chi connectivity index (χ0) is 17.8. The highest BCUT2D eigenvalue weighted by Crippen LogP contribution is 2.29. The van der Waals surface area contributed by atoms with Crippen LogP contribution >= 0.6 is 0 Å². The van der Waals surface area contributed by atoms with Crippen molar-refractivity contribution in [1.29, 1.82) is 0 Å². The number of rotatable bonds is 5. The number of hydrogen-bond donors (Lipinski definition) is 1. The third kappa shape index (κ3) is 3.74. The normalized spacial score (nSPS) is 17.4. The van der Waals surface area contributed by atoms with Gasteiger partial charge in [-0.3, -0.25) is 4.79 Å². The molecule has 134 valence electrons. The third-order valence-corrected chi connectivity index (χ3v) is 5.09. The van der Waals surface area contributed by atoms with E-state index in [1.54, 1.807) is 0 Å². The average Bonchev–Trinajstić information content (AvgIpc) is 3.13. The summed E-state index contributed by atoms with van der Waals surface area (Å²) in [4.78, 5) is 18.1. The number of ether oxygens (including phenoxy) is 1. The van der Waals surface area contributed by atoms with Crippen LogP contribution in [0.1, 0.15) is 30.9 Å². The van der Waals surface area contributed by atoms with Crippen LogP contribution in [0.25, 0.3) is 10.9 Å². The van der Waals surface area contributed by atoms with Crippen molar-refractivity contribution in [2.75, 3.05) is 19.7 Å². The molecule has 0 bridgehead atoms. The van der Waals surface area contributed by atoms with Gasteiger partial charge in [-0.25, -0.2) is 0 Å². The minimum atomic E-state index is 0.182. The van der Waals surface area contributed by atoms with Crippen molar-refractivity contribution in [3.8, 4) is 5.75 Å². The molecule has 1 N–H and O–H groups in total. The molecule has 1 saturated heterocycles. The highest BCUT2D eigenvalue weighted by Gasteiger charge is 2.25. The number of likely N-dealkylation sites (tertiary alicyclic amines) is 1. The molecule has 1 unspecified atom stereocenters. The van der Waals surface area contributed by atoms with E-state index < -0.39 is 0 Å². The van der Waals surface area contributed by atoms with Gasteiger partial charge in [0.2, 0.25) is 5.91 Å². The first-order valence-electron chi connectivity index (χ1n) is 9.33.